The molecule has 0 spiro atoms. The normalized spacial score (nSPS) is 16.4. The second-order valence-corrected chi connectivity index (χ2v) is 3.68. The third kappa shape index (κ3) is 2.64. The van der Waals surface area contributed by atoms with Gasteiger partial charge in [0.25, 0.3) is 0 Å². The van der Waals surface area contributed by atoms with Gasteiger partial charge < -0.3 is 4.90 Å². The molecule has 0 aliphatic carbocycles. The average Bonchev–Trinajstić information content (AvgIpc) is 2.29. The van der Waals surface area contributed by atoms with Gasteiger partial charge in [-0.05, 0) is 24.3 Å². The standard InChI is InChI=1S/C11H10F3N3/c12-11(13,14)8-1-3-9(4-2-8)17-6-5-10(15)16-7-17/h1-4,7,15H,5-6H2. The molecule has 0 fully saturated rings. The van der Waals surface area contributed by atoms with Crippen LogP contribution in [0.4, 0.5) is 18.9 Å². The number of anilines is 1. The van der Waals surface area contributed by atoms with Crippen LogP contribution in [0.15, 0.2) is 29.3 Å². The molecule has 1 N–H and O–H groups in total. The van der Waals surface area contributed by atoms with Gasteiger partial charge in [0.1, 0.15) is 5.84 Å². The van der Waals surface area contributed by atoms with Crippen molar-refractivity contribution in [3.63, 3.8) is 0 Å². The summed E-state index contributed by atoms with van der Waals surface area (Å²) in [5.41, 5.74) is -0.0165. The van der Waals surface area contributed by atoms with Crippen molar-refractivity contribution in [1.29, 1.82) is 5.41 Å². The van der Waals surface area contributed by atoms with E-state index in [9.17, 15) is 13.2 Å². The van der Waals surface area contributed by atoms with Crippen LogP contribution in [0.5, 0.6) is 0 Å². The Labute approximate surface area is 96.1 Å². The monoisotopic (exact) mass is 241 g/mol. The Kier molecular flexibility index (Phi) is 2.87. The number of amidine groups is 1. The van der Waals surface area contributed by atoms with Crippen molar-refractivity contribution in [2.45, 2.75) is 12.6 Å². The van der Waals surface area contributed by atoms with E-state index in [1.165, 1.54) is 18.5 Å². The molecule has 0 amide bonds. The first-order valence-corrected chi connectivity index (χ1v) is 5.02. The molecule has 6 heteroatoms. The van der Waals surface area contributed by atoms with E-state index in [1.54, 1.807) is 4.90 Å². The topological polar surface area (TPSA) is 39.5 Å². The number of halogens is 3. The lowest BCUT2D eigenvalue weighted by Crippen LogP contribution is -2.28. The third-order valence-electron chi connectivity index (χ3n) is 2.47. The number of aliphatic imine (C=N–C) groups is 1. The molecule has 0 unspecified atom stereocenters. The van der Waals surface area contributed by atoms with Gasteiger partial charge in [-0.25, -0.2) is 4.99 Å². The molecule has 0 atom stereocenters. The zero-order valence-corrected chi connectivity index (χ0v) is 8.83. The fourth-order valence-corrected chi connectivity index (χ4v) is 1.53. The van der Waals surface area contributed by atoms with Crippen molar-refractivity contribution < 1.29 is 13.2 Å². The van der Waals surface area contributed by atoms with Gasteiger partial charge in [0.2, 0.25) is 0 Å². The maximum atomic E-state index is 12.3. The number of nitrogens with zero attached hydrogens (tertiary/aromatic N) is 2. The summed E-state index contributed by atoms with van der Waals surface area (Å²) in [6.07, 6.45) is -2.34. The van der Waals surface area contributed by atoms with Crippen molar-refractivity contribution in [2.75, 3.05) is 11.4 Å². The van der Waals surface area contributed by atoms with E-state index >= 15 is 0 Å². The molecule has 0 saturated heterocycles. The van der Waals surface area contributed by atoms with Gasteiger partial charge in [-0.2, -0.15) is 13.2 Å². The number of alkyl halides is 3. The Morgan fingerprint density at radius 1 is 1.18 bits per heavy atom. The fourth-order valence-electron chi connectivity index (χ4n) is 1.53. The van der Waals surface area contributed by atoms with Crippen LogP contribution in [-0.2, 0) is 6.18 Å². The maximum Gasteiger partial charge on any atom is 0.416 e. The van der Waals surface area contributed by atoms with E-state index in [0.717, 1.165) is 12.1 Å². The summed E-state index contributed by atoms with van der Waals surface area (Å²) in [4.78, 5) is 5.54. The van der Waals surface area contributed by atoms with E-state index in [-0.39, 0.29) is 5.84 Å². The Morgan fingerprint density at radius 3 is 2.29 bits per heavy atom. The Bertz CT molecular complexity index is 448. The summed E-state index contributed by atoms with van der Waals surface area (Å²) < 4.78 is 37.0. The lowest BCUT2D eigenvalue weighted by atomic mass is 10.2. The summed E-state index contributed by atoms with van der Waals surface area (Å²) in [6.45, 7) is 0.563. The lowest BCUT2D eigenvalue weighted by Gasteiger charge is -2.22. The highest BCUT2D eigenvalue weighted by molar-refractivity contribution is 5.95. The van der Waals surface area contributed by atoms with Crippen LogP contribution in [0.1, 0.15) is 12.0 Å². The van der Waals surface area contributed by atoms with Gasteiger partial charge in [-0.3, -0.25) is 5.41 Å². The molecule has 17 heavy (non-hydrogen) atoms. The predicted octanol–water partition coefficient (Wildman–Crippen LogP) is 2.92. The van der Waals surface area contributed by atoms with Crippen molar-refractivity contribution >= 4 is 17.9 Å². The minimum absolute atomic E-state index is 0.285. The molecule has 3 nitrogen and oxygen atoms in total. The second-order valence-electron chi connectivity index (χ2n) is 3.68. The summed E-state index contributed by atoms with van der Waals surface area (Å²) in [7, 11) is 0. The molecule has 1 aromatic carbocycles. The van der Waals surface area contributed by atoms with Crippen molar-refractivity contribution in [2.24, 2.45) is 4.99 Å². The highest BCUT2D eigenvalue weighted by atomic mass is 19.4. The summed E-state index contributed by atoms with van der Waals surface area (Å²) >= 11 is 0. The number of hydrogen-bond donors (Lipinski definition) is 1. The van der Waals surface area contributed by atoms with Gasteiger partial charge in [0, 0.05) is 18.7 Å². The molecule has 0 aromatic heterocycles. The van der Waals surface area contributed by atoms with E-state index < -0.39 is 11.7 Å². The molecule has 90 valence electrons. The zero-order valence-electron chi connectivity index (χ0n) is 8.83. The molecule has 0 radical (unpaired) electrons. The van der Waals surface area contributed by atoms with Gasteiger partial charge in [0.05, 0.1) is 11.9 Å². The molecule has 1 aromatic rings. The third-order valence-corrected chi connectivity index (χ3v) is 2.47. The predicted molar refractivity (Wildman–Crippen MR) is 59.6 cm³/mol. The number of benzene rings is 1. The van der Waals surface area contributed by atoms with Crippen LogP contribution in [0.3, 0.4) is 0 Å². The minimum Gasteiger partial charge on any atom is -0.332 e. The molecule has 1 aliphatic rings. The van der Waals surface area contributed by atoms with E-state index in [2.05, 4.69) is 4.99 Å². The molecule has 1 aliphatic heterocycles. The van der Waals surface area contributed by atoms with E-state index in [0.29, 0.717) is 18.7 Å². The summed E-state index contributed by atoms with van der Waals surface area (Å²) in [5, 5.41) is 7.28. The molecule has 0 bridgehead atoms. The first-order valence-electron chi connectivity index (χ1n) is 5.02. The number of nitrogens with one attached hydrogen (secondary N) is 1. The molecule has 2 rings (SSSR count). The summed E-state index contributed by atoms with van der Waals surface area (Å²) in [5.74, 6) is 0.285. The molecular formula is C11H10F3N3. The Morgan fingerprint density at radius 2 is 1.82 bits per heavy atom. The van der Waals surface area contributed by atoms with Gasteiger partial charge >= 0.3 is 6.18 Å². The van der Waals surface area contributed by atoms with Gasteiger partial charge in [-0.15, -0.1) is 0 Å². The smallest absolute Gasteiger partial charge is 0.332 e. The maximum absolute atomic E-state index is 12.3. The van der Waals surface area contributed by atoms with E-state index in [1.807, 2.05) is 0 Å². The molecule has 1 heterocycles. The van der Waals surface area contributed by atoms with Crippen molar-refractivity contribution in [1.82, 2.24) is 0 Å². The molecular weight excluding hydrogens is 231 g/mol. The Hall–Kier alpha value is -1.85. The quantitative estimate of drug-likeness (QED) is 0.806. The van der Waals surface area contributed by atoms with Crippen LogP contribution in [0.2, 0.25) is 0 Å². The average molecular weight is 241 g/mol. The minimum atomic E-state index is -4.31. The van der Waals surface area contributed by atoms with Crippen LogP contribution in [0, 0.1) is 5.41 Å². The SMILES string of the molecule is N=C1CCN(c2ccc(C(F)(F)F)cc2)C=N1. The highest BCUT2D eigenvalue weighted by Crippen LogP contribution is 2.30. The lowest BCUT2D eigenvalue weighted by molar-refractivity contribution is -0.137. The van der Waals surface area contributed by atoms with Crippen LogP contribution >= 0.6 is 0 Å². The first kappa shape index (κ1) is 11.6. The van der Waals surface area contributed by atoms with Crippen molar-refractivity contribution in [3.8, 4) is 0 Å². The van der Waals surface area contributed by atoms with Gasteiger partial charge in [0.15, 0.2) is 0 Å². The Balaban J connectivity index is 2.19. The highest BCUT2D eigenvalue weighted by Gasteiger charge is 2.30. The van der Waals surface area contributed by atoms with E-state index in [4.69, 9.17) is 5.41 Å². The largest absolute Gasteiger partial charge is 0.416 e. The summed E-state index contributed by atoms with van der Waals surface area (Å²) in [6, 6.07) is 4.90. The number of rotatable bonds is 1. The van der Waals surface area contributed by atoms with Crippen LogP contribution in [0.25, 0.3) is 0 Å². The number of hydrogen-bond acceptors (Lipinski definition) is 2. The fraction of sp³-hybridized carbons (Fsp3) is 0.273. The molecule has 0 saturated carbocycles. The first-order chi connectivity index (χ1) is 7.97. The van der Waals surface area contributed by atoms with Crippen LogP contribution in [-0.4, -0.2) is 18.7 Å². The van der Waals surface area contributed by atoms with Gasteiger partial charge in [-0.1, -0.05) is 0 Å². The van der Waals surface area contributed by atoms with Crippen molar-refractivity contribution in [3.05, 3.63) is 29.8 Å². The zero-order chi connectivity index (χ0) is 12.5. The van der Waals surface area contributed by atoms with Crippen LogP contribution < -0.4 is 4.90 Å². The second kappa shape index (κ2) is 4.20.